The minimum Gasteiger partial charge on any atom is -0.383 e. The van der Waals surface area contributed by atoms with Gasteiger partial charge in [-0.2, -0.15) is 0 Å². The van der Waals surface area contributed by atoms with Gasteiger partial charge in [-0.05, 0) is 43.5 Å². The second-order valence-corrected chi connectivity index (χ2v) is 6.14. The molecular formula is C15H23BrN2O. The van der Waals surface area contributed by atoms with Gasteiger partial charge in [0.25, 0.3) is 0 Å². The highest BCUT2D eigenvalue weighted by Crippen LogP contribution is 2.31. The molecule has 1 aliphatic heterocycles. The summed E-state index contributed by atoms with van der Waals surface area (Å²) < 4.78 is 6.37. The van der Waals surface area contributed by atoms with Gasteiger partial charge in [0, 0.05) is 30.2 Å². The van der Waals surface area contributed by atoms with E-state index >= 15 is 0 Å². The average molecular weight is 327 g/mol. The van der Waals surface area contributed by atoms with E-state index in [0.29, 0.717) is 6.04 Å². The van der Waals surface area contributed by atoms with Crippen molar-refractivity contribution in [3.05, 3.63) is 33.8 Å². The second-order valence-electron chi connectivity index (χ2n) is 5.29. The number of nitrogens with two attached hydrogens (primary N) is 1. The van der Waals surface area contributed by atoms with Gasteiger partial charge in [0.05, 0.1) is 6.61 Å². The smallest absolute Gasteiger partial charge is 0.0589 e. The highest BCUT2D eigenvalue weighted by atomic mass is 79.9. The van der Waals surface area contributed by atoms with Crippen molar-refractivity contribution in [2.45, 2.75) is 31.8 Å². The van der Waals surface area contributed by atoms with Crippen LogP contribution in [0.4, 0.5) is 0 Å². The molecule has 2 atom stereocenters. The zero-order valence-electron chi connectivity index (χ0n) is 11.7. The Morgan fingerprint density at radius 1 is 1.47 bits per heavy atom. The number of hydrogen-bond acceptors (Lipinski definition) is 3. The molecule has 1 heterocycles. The molecule has 2 unspecified atom stereocenters. The SMILES string of the molecule is COCCN1CCCC(N)C1c1ccc(Br)c(C)c1. The van der Waals surface area contributed by atoms with E-state index in [9.17, 15) is 0 Å². The lowest BCUT2D eigenvalue weighted by Crippen LogP contribution is -2.46. The van der Waals surface area contributed by atoms with Crippen molar-refractivity contribution < 1.29 is 4.74 Å². The molecule has 0 saturated carbocycles. The first-order chi connectivity index (χ1) is 9.13. The van der Waals surface area contributed by atoms with Gasteiger partial charge in [-0.25, -0.2) is 0 Å². The third-order valence-corrected chi connectivity index (χ3v) is 4.78. The Balaban J connectivity index is 2.22. The summed E-state index contributed by atoms with van der Waals surface area (Å²) >= 11 is 3.56. The normalized spacial score (nSPS) is 24.6. The number of halogens is 1. The van der Waals surface area contributed by atoms with Gasteiger partial charge in [0.2, 0.25) is 0 Å². The lowest BCUT2D eigenvalue weighted by Gasteiger charge is -2.40. The molecule has 1 aliphatic rings. The Morgan fingerprint density at radius 3 is 2.95 bits per heavy atom. The summed E-state index contributed by atoms with van der Waals surface area (Å²) in [7, 11) is 1.75. The Kier molecular flexibility index (Phi) is 5.39. The van der Waals surface area contributed by atoms with Gasteiger partial charge in [-0.3, -0.25) is 4.90 Å². The van der Waals surface area contributed by atoms with Gasteiger partial charge >= 0.3 is 0 Å². The van der Waals surface area contributed by atoms with E-state index in [1.165, 1.54) is 17.5 Å². The molecule has 0 aromatic heterocycles. The van der Waals surface area contributed by atoms with Crippen molar-refractivity contribution in [1.82, 2.24) is 4.90 Å². The van der Waals surface area contributed by atoms with Crippen molar-refractivity contribution >= 4 is 15.9 Å². The van der Waals surface area contributed by atoms with E-state index < -0.39 is 0 Å². The van der Waals surface area contributed by atoms with Gasteiger partial charge in [0.1, 0.15) is 0 Å². The molecule has 0 spiro atoms. The highest BCUT2D eigenvalue weighted by molar-refractivity contribution is 9.10. The van der Waals surface area contributed by atoms with Crippen LogP contribution in [0.2, 0.25) is 0 Å². The van der Waals surface area contributed by atoms with Crippen LogP contribution in [0, 0.1) is 6.92 Å². The van der Waals surface area contributed by atoms with E-state index in [1.807, 2.05) is 0 Å². The summed E-state index contributed by atoms with van der Waals surface area (Å²) in [5, 5.41) is 0. The molecule has 19 heavy (non-hydrogen) atoms. The molecule has 0 aliphatic carbocycles. The van der Waals surface area contributed by atoms with Crippen LogP contribution in [0.3, 0.4) is 0 Å². The third kappa shape index (κ3) is 3.57. The number of benzene rings is 1. The van der Waals surface area contributed by atoms with Gasteiger partial charge in [-0.1, -0.05) is 28.1 Å². The minimum absolute atomic E-state index is 0.214. The molecule has 2 rings (SSSR count). The van der Waals surface area contributed by atoms with Crippen molar-refractivity contribution in [2.24, 2.45) is 5.73 Å². The van der Waals surface area contributed by atoms with Gasteiger partial charge < -0.3 is 10.5 Å². The lowest BCUT2D eigenvalue weighted by atomic mass is 9.90. The summed E-state index contributed by atoms with van der Waals surface area (Å²) in [5.41, 5.74) is 8.96. The molecular weight excluding hydrogens is 304 g/mol. The van der Waals surface area contributed by atoms with Crippen molar-refractivity contribution in [3.8, 4) is 0 Å². The second kappa shape index (κ2) is 6.84. The van der Waals surface area contributed by atoms with E-state index in [0.717, 1.165) is 30.6 Å². The minimum atomic E-state index is 0.214. The number of hydrogen-bond donors (Lipinski definition) is 1. The number of nitrogens with zero attached hydrogens (tertiary/aromatic N) is 1. The zero-order valence-corrected chi connectivity index (χ0v) is 13.3. The van der Waals surface area contributed by atoms with Crippen molar-refractivity contribution in [3.63, 3.8) is 0 Å². The Bertz CT molecular complexity index is 425. The predicted molar refractivity (Wildman–Crippen MR) is 82.3 cm³/mol. The topological polar surface area (TPSA) is 38.5 Å². The summed E-state index contributed by atoms with van der Waals surface area (Å²) in [4.78, 5) is 2.46. The largest absolute Gasteiger partial charge is 0.383 e. The number of aryl methyl sites for hydroxylation is 1. The zero-order chi connectivity index (χ0) is 13.8. The Labute approximate surface area is 124 Å². The number of rotatable bonds is 4. The van der Waals surface area contributed by atoms with E-state index in [2.05, 4.69) is 46.0 Å². The quantitative estimate of drug-likeness (QED) is 0.924. The van der Waals surface area contributed by atoms with Crippen LogP contribution in [0.25, 0.3) is 0 Å². The molecule has 1 saturated heterocycles. The maximum absolute atomic E-state index is 6.37. The first-order valence-electron chi connectivity index (χ1n) is 6.88. The lowest BCUT2D eigenvalue weighted by molar-refractivity contribution is 0.0848. The van der Waals surface area contributed by atoms with E-state index in [4.69, 9.17) is 10.5 Å². The van der Waals surface area contributed by atoms with Crippen molar-refractivity contribution in [2.75, 3.05) is 26.8 Å². The summed E-state index contributed by atoms with van der Waals surface area (Å²) in [6.45, 7) is 4.95. The number of likely N-dealkylation sites (tertiary alicyclic amines) is 1. The molecule has 1 aromatic carbocycles. The molecule has 0 amide bonds. The molecule has 0 bridgehead atoms. The van der Waals surface area contributed by atoms with E-state index in [1.54, 1.807) is 7.11 Å². The maximum Gasteiger partial charge on any atom is 0.0589 e. The maximum atomic E-state index is 6.37. The monoisotopic (exact) mass is 326 g/mol. The van der Waals surface area contributed by atoms with E-state index in [-0.39, 0.29) is 6.04 Å². The average Bonchev–Trinajstić information content (AvgIpc) is 2.40. The summed E-state index contributed by atoms with van der Waals surface area (Å²) in [5.74, 6) is 0. The third-order valence-electron chi connectivity index (χ3n) is 3.89. The number of piperidine rings is 1. The van der Waals surface area contributed by atoms with Crippen LogP contribution in [0.15, 0.2) is 22.7 Å². The Morgan fingerprint density at radius 2 is 2.26 bits per heavy atom. The summed E-state index contributed by atoms with van der Waals surface area (Å²) in [6, 6.07) is 7.09. The summed E-state index contributed by atoms with van der Waals surface area (Å²) in [6.07, 6.45) is 2.28. The number of methoxy groups -OCH3 is 1. The van der Waals surface area contributed by atoms with Gasteiger partial charge in [-0.15, -0.1) is 0 Å². The van der Waals surface area contributed by atoms with Crippen LogP contribution in [-0.2, 0) is 4.74 Å². The van der Waals surface area contributed by atoms with Crippen LogP contribution >= 0.6 is 15.9 Å². The van der Waals surface area contributed by atoms with Crippen molar-refractivity contribution in [1.29, 1.82) is 0 Å². The Hall–Kier alpha value is -0.420. The highest BCUT2D eigenvalue weighted by Gasteiger charge is 2.30. The number of ether oxygens (including phenoxy) is 1. The van der Waals surface area contributed by atoms with Crippen LogP contribution in [0.1, 0.15) is 30.0 Å². The molecule has 1 fully saturated rings. The first kappa shape index (κ1) is 15.0. The fourth-order valence-corrected chi connectivity index (χ4v) is 3.11. The molecule has 2 N–H and O–H groups in total. The molecule has 0 radical (unpaired) electrons. The fourth-order valence-electron chi connectivity index (χ4n) is 2.87. The van der Waals surface area contributed by atoms with Crippen LogP contribution in [0.5, 0.6) is 0 Å². The fraction of sp³-hybridized carbons (Fsp3) is 0.600. The predicted octanol–water partition coefficient (Wildman–Crippen LogP) is 2.87. The molecule has 4 heteroatoms. The molecule has 1 aromatic rings. The molecule has 3 nitrogen and oxygen atoms in total. The van der Waals surface area contributed by atoms with Crippen LogP contribution < -0.4 is 5.73 Å². The van der Waals surface area contributed by atoms with Crippen LogP contribution in [-0.4, -0.2) is 37.7 Å². The molecule has 106 valence electrons. The first-order valence-corrected chi connectivity index (χ1v) is 7.67. The van der Waals surface area contributed by atoms with Gasteiger partial charge in [0.15, 0.2) is 0 Å². The standard InChI is InChI=1S/C15H23BrN2O/c1-11-10-12(5-6-13(11)16)15-14(17)4-3-7-18(15)8-9-19-2/h5-6,10,14-15H,3-4,7-9,17H2,1-2H3.